The Morgan fingerprint density at radius 2 is 2.20 bits per heavy atom. The molecule has 1 aliphatic carbocycles. The van der Waals surface area contributed by atoms with Gasteiger partial charge in [0.05, 0.1) is 4.92 Å². The first-order valence-electron chi connectivity index (χ1n) is 4.75. The molecule has 5 nitrogen and oxygen atoms in total. The van der Waals surface area contributed by atoms with Gasteiger partial charge in [-0.05, 0) is 31.4 Å². The van der Waals surface area contributed by atoms with Gasteiger partial charge in [-0.15, -0.1) is 0 Å². The summed E-state index contributed by atoms with van der Waals surface area (Å²) < 4.78 is 0. The fourth-order valence-corrected chi connectivity index (χ4v) is 1.61. The van der Waals surface area contributed by atoms with Crippen molar-refractivity contribution in [3.8, 4) is 5.75 Å². The first-order valence-corrected chi connectivity index (χ1v) is 4.75. The lowest BCUT2D eigenvalue weighted by Crippen LogP contribution is -2.24. The largest absolute Gasteiger partial charge is 0.508 e. The van der Waals surface area contributed by atoms with E-state index in [1.807, 2.05) is 0 Å². The van der Waals surface area contributed by atoms with Crippen molar-refractivity contribution in [3.05, 3.63) is 33.9 Å². The van der Waals surface area contributed by atoms with E-state index in [1.165, 1.54) is 18.2 Å². The molecular formula is C10H12N2O3. The third-order valence-electron chi connectivity index (χ3n) is 2.69. The van der Waals surface area contributed by atoms with Gasteiger partial charge in [0.15, 0.2) is 0 Å². The Labute approximate surface area is 86.7 Å². The van der Waals surface area contributed by atoms with Gasteiger partial charge in [-0.2, -0.15) is 0 Å². The maximum absolute atomic E-state index is 10.7. The molecule has 0 aromatic heterocycles. The van der Waals surface area contributed by atoms with Gasteiger partial charge in [0.1, 0.15) is 5.75 Å². The van der Waals surface area contributed by atoms with Gasteiger partial charge in [0, 0.05) is 17.2 Å². The first-order chi connectivity index (χ1) is 7.00. The molecule has 0 heterocycles. The molecule has 0 amide bonds. The van der Waals surface area contributed by atoms with Crippen molar-refractivity contribution in [2.75, 3.05) is 0 Å². The van der Waals surface area contributed by atoms with Crippen LogP contribution in [-0.2, 0) is 6.42 Å². The van der Waals surface area contributed by atoms with Crippen molar-refractivity contribution in [2.24, 2.45) is 5.73 Å². The molecule has 3 N–H and O–H groups in total. The average molecular weight is 208 g/mol. The molecule has 0 radical (unpaired) electrons. The minimum absolute atomic E-state index is 0.0320. The van der Waals surface area contributed by atoms with Crippen molar-refractivity contribution in [1.29, 1.82) is 0 Å². The summed E-state index contributed by atoms with van der Waals surface area (Å²) in [4.78, 5) is 10.3. The summed E-state index contributed by atoms with van der Waals surface area (Å²) in [6, 6.07) is 4.05. The molecule has 1 aromatic carbocycles. The van der Waals surface area contributed by atoms with Crippen LogP contribution < -0.4 is 5.73 Å². The van der Waals surface area contributed by atoms with Gasteiger partial charge in [0.2, 0.25) is 0 Å². The molecule has 1 saturated carbocycles. The number of hydrogen-bond donors (Lipinski definition) is 2. The fourth-order valence-electron chi connectivity index (χ4n) is 1.61. The standard InChI is InChI=1S/C10H12N2O3/c11-10(3-4-10)6-7-5-8(13)1-2-9(7)12(14)15/h1-2,5,13H,3-4,6,11H2. The molecular weight excluding hydrogens is 196 g/mol. The number of hydrogen-bond acceptors (Lipinski definition) is 4. The molecule has 0 saturated heterocycles. The van der Waals surface area contributed by atoms with Crippen molar-refractivity contribution >= 4 is 5.69 Å². The minimum Gasteiger partial charge on any atom is -0.508 e. The van der Waals surface area contributed by atoms with Crippen molar-refractivity contribution in [1.82, 2.24) is 0 Å². The van der Waals surface area contributed by atoms with E-state index in [4.69, 9.17) is 5.73 Å². The second-order valence-electron chi connectivity index (χ2n) is 4.11. The summed E-state index contributed by atoms with van der Waals surface area (Å²) in [7, 11) is 0. The lowest BCUT2D eigenvalue weighted by atomic mass is 10.0. The first kappa shape index (κ1) is 9.92. The van der Waals surface area contributed by atoms with Crippen LogP contribution in [0.5, 0.6) is 5.75 Å². The van der Waals surface area contributed by atoms with E-state index in [0.717, 1.165) is 12.8 Å². The number of phenols is 1. The van der Waals surface area contributed by atoms with Crippen LogP contribution in [0.15, 0.2) is 18.2 Å². The zero-order chi connectivity index (χ0) is 11.1. The summed E-state index contributed by atoms with van der Waals surface area (Å²) >= 11 is 0. The predicted octanol–water partition coefficient (Wildman–Crippen LogP) is 1.33. The number of nitrogens with two attached hydrogens (primary N) is 1. The molecule has 1 aromatic rings. The molecule has 80 valence electrons. The zero-order valence-corrected chi connectivity index (χ0v) is 8.14. The molecule has 15 heavy (non-hydrogen) atoms. The molecule has 0 spiro atoms. The maximum Gasteiger partial charge on any atom is 0.272 e. The van der Waals surface area contributed by atoms with Gasteiger partial charge in [0.25, 0.3) is 5.69 Å². The van der Waals surface area contributed by atoms with Crippen LogP contribution in [-0.4, -0.2) is 15.6 Å². The Hall–Kier alpha value is -1.62. The van der Waals surface area contributed by atoms with E-state index in [0.29, 0.717) is 12.0 Å². The van der Waals surface area contributed by atoms with E-state index in [2.05, 4.69) is 0 Å². The molecule has 1 aliphatic rings. The highest BCUT2D eigenvalue weighted by atomic mass is 16.6. The van der Waals surface area contributed by atoms with Gasteiger partial charge in [-0.3, -0.25) is 10.1 Å². The Balaban J connectivity index is 2.34. The van der Waals surface area contributed by atoms with E-state index in [9.17, 15) is 15.2 Å². The summed E-state index contributed by atoms with van der Waals surface area (Å²) in [5.41, 5.74) is 6.15. The van der Waals surface area contributed by atoms with Crippen LogP contribution in [0.2, 0.25) is 0 Å². The minimum atomic E-state index is -0.444. The molecule has 1 fully saturated rings. The summed E-state index contributed by atoms with van der Waals surface area (Å²) in [5, 5.41) is 20.0. The van der Waals surface area contributed by atoms with Crippen LogP contribution in [0.1, 0.15) is 18.4 Å². The SMILES string of the molecule is NC1(Cc2cc(O)ccc2[N+](=O)[O-])CC1. The molecule has 0 atom stereocenters. The van der Waals surface area contributed by atoms with E-state index >= 15 is 0 Å². The Bertz CT molecular complexity index is 413. The van der Waals surface area contributed by atoms with Crippen molar-refractivity contribution in [3.63, 3.8) is 0 Å². The Morgan fingerprint density at radius 3 is 2.73 bits per heavy atom. The highest BCUT2D eigenvalue weighted by molar-refractivity contribution is 5.46. The number of benzene rings is 1. The highest BCUT2D eigenvalue weighted by Crippen LogP contribution is 2.38. The maximum atomic E-state index is 10.7. The molecule has 0 unspecified atom stereocenters. The van der Waals surface area contributed by atoms with Crippen LogP contribution in [0.3, 0.4) is 0 Å². The van der Waals surface area contributed by atoms with Crippen molar-refractivity contribution in [2.45, 2.75) is 24.8 Å². The number of rotatable bonds is 3. The zero-order valence-electron chi connectivity index (χ0n) is 8.14. The smallest absolute Gasteiger partial charge is 0.272 e. The van der Waals surface area contributed by atoms with Gasteiger partial charge >= 0.3 is 0 Å². The number of nitro benzene ring substituents is 1. The van der Waals surface area contributed by atoms with Crippen LogP contribution >= 0.6 is 0 Å². The lowest BCUT2D eigenvalue weighted by Gasteiger charge is -2.08. The Kier molecular flexibility index (Phi) is 2.12. The van der Waals surface area contributed by atoms with Gasteiger partial charge in [-0.1, -0.05) is 0 Å². The quantitative estimate of drug-likeness (QED) is 0.579. The second-order valence-corrected chi connectivity index (χ2v) is 4.11. The monoisotopic (exact) mass is 208 g/mol. The average Bonchev–Trinajstić information content (AvgIpc) is 2.82. The van der Waals surface area contributed by atoms with E-state index < -0.39 is 4.92 Å². The van der Waals surface area contributed by atoms with Crippen molar-refractivity contribution < 1.29 is 10.0 Å². The number of nitrogens with zero attached hydrogens (tertiary/aromatic N) is 1. The molecule has 5 heteroatoms. The topological polar surface area (TPSA) is 89.4 Å². The van der Waals surface area contributed by atoms with E-state index in [1.54, 1.807) is 0 Å². The van der Waals surface area contributed by atoms with Crippen LogP contribution in [0.4, 0.5) is 5.69 Å². The van der Waals surface area contributed by atoms with Crippen LogP contribution in [0.25, 0.3) is 0 Å². The fraction of sp³-hybridized carbons (Fsp3) is 0.400. The predicted molar refractivity (Wildman–Crippen MR) is 54.6 cm³/mol. The van der Waals surface area contributed by atoms with Gasteiger partial charge in [-0.25, -0.2) is 0 Å². The third-order valence-corrected chi connectivity index (χ3v) is 2.69. The lowest BCUT2D eigenvalue weighted by molar-refractivity contribution is -0.385. The molecule has 2 rings (SSSR count). The second kappa shape index (κ2) is 3.20. The number of phenolic OH excluding ortho intramolecular Hbond substituents is 1. The molecule has 0 aliphatic heterocycles. The van der Waals surface area contributed by atoms with Gasteiger partial charge < -0.3 is 10.8 Å². The summed E-state index contributed by atoms with van der Waals surface area (Å²) in [6.07, 6.45) is 2.23. The normalized spacial score (nSPS) is 17.4. The molecule has 0 bridgehead atoms. The van der Waals surface area contributed by atoms with Crippen LogP contribution in [0, 0.1) is 10.1 Å². The highest BCUT2D eigenvalue weighted by Gasteiger charge is 2.39. The Morgan fingerprint density at radius 1 is 1.53 bits per heavy atom. The number of aromatic hydroxyl groups is 1. The summed E-state index contributed by atoms with van der Waals surface area (Å²) in [6.45, 7) is 0. The van der Waals surface area contributed by atoms with E-state index in [-0.39, 0.29) is 17.0 Å². The third kappa shape index (κ3) is 2.07. The number of nitro groups is 1. The summed E-state index contributed by atoms with van der Waals surface area (Å²) in [5.74, 6) is 0.0415.